The van der Waals surface area contributed by atoms with Crippen molar-refractivity contribution in [2.75, 3.05) is 13.1 Å². The number of amides is 2. The van der Waals surface area contributed by atoms with E-state index in [1.165, 1.54) is 12.5 Å². The van der Waals surface area contributed by atoms with Gasteiger partial charge in [0.1, 0.15) is 23.2 Å². The van der Waals surface area contributed by atoms with Crippen LogP contribution in [0.5, 0.6) is 0 Å². The van der Waals surface area contributed by atoms with Gasteiger partial charge >= 0.3 is 0 Å². The first-order valence-corrected chi connectivity index (χ1v) is 8.95. The zero-order valence-corrected chi connectivity index (χ0v) is 14.9. The summed E-state index contributed by atoms with van der Waals surface area (Å²) in [4.78, 5) is 27.0. The highest BCUT2D eigenvalue weighted by Gasteiger charge is 2.30. The highest BCUT2D eigenvalue weighted by molar-refractivity contribution is 5.98. The summed E-state index contributed by atoms with van der Waals surface area (Å²) < 4.78 is 27.6. The van der Waals surface area contributed by atoms with Crippen LogP contribution >= 0.6 is 0 Å². The van der Waals surface area contributed by atoms with Crippen LogP contribution in [0.2, 0.25) is 0 Å². The van der Waals surface area contributed by atoms with Gasteiger partial charge in [0.25, 0.3) is 5.91 Å². The molecular weight excluding hydrogens is 326 g/mol. The third-order valence-electron chi connectivity index (χ3n) is 4.58. The lowest BCUT2D eigenvalue weighted by atomic mass is 10.0. The molecule has 1 heterocycles. The van der Waals surface area contributed by atoms with Gasteiger partial charge in [-0.05, 0) is 30.9 Å². The molecule has 1 unspecified atom stereocenters. The Morgan fingerprint density at radius 3 is 2.04 bits per heavy atom. The van der Waals surface area contributed by atoms with E-state index in [2.05, 4.69) is 5.32 Å². The summed E-state index contributed by atoms with van der Waals surface area (Å²) in [5.74, 6) is -3.12. The van der Waals surface area contributed by atoms with E-state index in [1.54, 1.807) is 4.90 Å². The van der Waals surface area contributed by atoms with Gasteiger partial charge in [-0.3, -0.25) is 9.59 Å². The molecule has 0 spiro atoms. The number of nitrogens with one attached hydrogen (secondary N) is 1. The van der Waals surface area contributed by atoms with Gasteiger partial charge in [-0.25, -0.2) is 8.78 Å². The lowest BCUT2D eigenvalue weighted by Gasteiger charge is -2.31. The maximum Gasteiger partial charge on any atom is 0.257 e. The molecule has 1 aliphatic rings. The number of carbonyl (C=O) groups excluding carboxylic acids is 2. The van der Waals surface area contributed by atoms with E-state index in [0.717, 1.165) is 37.8 Å². The van der Waals surface area contributed by atoms with Gasteiger partial charge in [0, 0.05) is 13.1 Å². The Kier molecular flexibility index (Phi) is 6.91. The molecule has 1 aromatic carbocycles. The Bertz CT molecular complexity index is 591. The van der Waals surface area contributed by atoms with Gasteiger partial charge in [0.2, 0.25) is 5.91 Å². The van der Waals surface area contributed by atoms with Crippen LogP contribution in [0.3, 0.4) is 0 Å². The lowest BCUT2D eigenvalue weighted by Crippen LogP contribution is -2.52. The molecule has 2 amide bonds. The molecule has 1 aliphatic heterocycles. The van der Waals surface area contributed by atoms with Crippen LogP contribution in [-0.4, -0.2) is 35.8 Å². The van der Waals surface area contributed by atoms with E-state index in [9.17, 15) is 18.4 Å². The number of hydrogen-bond donors (Lipinski definition) is 1. The molecular formula is C19H26F2N2O2. The molecule has 4 nitrogen and oxygen atoms in total. The maximum atomic E-state index is 13.8. The molecule has 1 saturated heterocycles. The SMILES string of the molecule is CC(C)C(NC(=O)c1c(F)cccc1F)C(=O)N1CCCCCCC1. The molecule has 1 N–H and O–H groups in total. The van der Waals surface area contributed by atoms with Crippen molar-refractivity contribution in [3.63, 3.8) is 0 Å². The molecule has 1 aromatic rings. The minimum absolute atomic E-state index is 0.179. The second kappa shape index (κ2) is 8.92. The number of nitrogens with zero attached hydrogens (tertiary/aromatic N) is 1. The van der Waals surface area contributed by atoms with Crippen molar-refractivity contribution in [1.29, 1.82) is 0 Å². The second-order valence-corrected chi connectivity index (χ2v) is 6.88. The van der Waals surface area contributed by atoms with Crippen LogP contribution in [0, 0.1) is 17.6 Å². The van der Waals surface area contributed by atoms with E-state index in [0.29, 0.717) is 13.1 Å². The molecule has 0 aromatic heterocycles. The topological polar surface area (TPSA) is 49.4 Å². The van der Waals surface area contributed by atoms with E-state index >= 15 is 0 Å². The van der Waals surface area contributed by atoms with Crippen LogP contribution < -0.4 is 5.32 Å². The fourth-order valence-electron chi connectivity index (χ4n) is 3.11. The molecule has 1 fully saturated rings. The summed E-state index contributed by atoms with van der Waals surface area (Å²) in [6.07, 6.45) is 5.23. The predicted molar refractivity (Wildman–Crippen MR) is 92.1 cm³/mol. The number of hydrogen-bond acceptors (Lipinski definition) is 2. The predicted octanol–water partition coefficient (Wildman–Crippen LogP) is 3.51. The average molecular weight is 352 g/mol. The van der Waals surface area contributed by atoms with E-state index < -0.39 is 29.1 Å². The summed E-state index contributed by atoms with van der Waals surface area (Å²) in [5, 5.41) is 2.54. The minimum Gasteiger partial charge on any atom is -0.341 e. The molecule has 1 atom stereocenters. The van der Waals surface area contributed by atoms with Crippen molar-refractivity contribution in [3.8, 4) is 0 Å². The molecule has 6 heteroatoms. The zero-order chi connectivity index (χ0) is 18.4. The average Bonchev–Trinajstić information content (AvgIpc) is 2.51. The molecule has 0 aliphatic carbocycles. The Balaban J connectivity index is 2.14. The smallest absolute Gasteiger partial charge is 0.257 e. The van der Waals surface area contributed by atoms with Crippen molar-refractivity contribution >= 4 is 11.8 Å². The van der Waals surface area contributed by atoms with Gasteiger partial charge in [0.05, 0.1) is 0 Å². The van der Waals surface area contributed by atoms with Crippen molar-refractivity contribution in [3.05, 3.63) is 35.4 Å². The van der Waals surface area contributed by atoms with Gasteiger partial charge in [-0.15, -0.1) is 0 Å². The lowest BCUT2D eigenvalue weighted by molar-refractivity contribution is -0.134. The van der Waals surface area contributed by atoms with Crippen LogP contribution in [0.4, 0.5) is 8.78 Å². The summed E-state index contributed by atoms with van der Waals surface area (Å²) in [6.45, 7) is 4.94. The van der Waals surface area contributed by atoms with Crippen LogP contribution in [0.1, 0.15) is 56.3 Å². The monoisotopic (exact) mass is 352 g/mol. The minimum atomic E-state index is -0.932. The molecule has 0 radical (unpaired) electrons. The van der Waals surface area contributed by atoms with E-state index in [1.807, 2.05) is 13.8 Å². The first kappa shape index (κ1) is 19.3. The quantitative estimate of drug-likeness (QED) is 0.901. The molecule has 25 heavy (non-hydrogen) atoms. The molecule has 0 saturated carbocycles. The Labute approximate surface area is 147 Å². The summed E-state index contributed by atoms with van der Waals surface area (Å²) >= 11 is 0. The normalized spacial score (nSPS) is 16.9. The van der Waals surface area contributed by atoms with E-state index in [4.69, 9.17) is 0 Å². The third-order valence-corrected chi connectivity index (χ3v) is 4.58. The van der Waals surface area contributed by atoms with Gasteiger partial charge in [-0.2, -0.15) is 0 Å². The number of benzene rings is 1. The maximum absolute atomic E-state index is 13.8. The van der Waals surface area contributed by atoms with E-state index in [-0.39, 0.29) is 11.8 Å². The molecule has 138 valence electrons. The highest BCUT2D eigenvalue weighted by Crippen LogP contribution is 2.16. The Morgan fingerprint density at radius 1 is 1.00 bits per heavy atom. The van der Waals surface area contributed by atoms with Gasteiger partial charge < -0.3 is 10.2 Å². The fourth-order valence-corrected chi connectivity index (χ4v) is 3.11. The second-order valence-electron chi connectivity index (χ2n) is 6.88. The Morgan fingerprint density at radius 2 is 1.52 bits per heavy atom. The third kappa shape index (κ3) is 5.00. The first-order chi connectivity index (χ1) is 11.9. The van der Waals surface area contributed by atoms with Crippen LogP contribution in [0.25, 0.3) is 0 Å². The van der Waals surface area contributed by atoms with Crippen molar-refractivity contribution in [1.82, 2.24) is 10.2 Å². The van der Waals surface area contributed by atoms with Crippen LogP contribution in [0.15, 0.2) is 18.2 Å². The number of rotatable bonds is 4. The first-order valence-electron chi connectivity index (χ1n) is 8.95. The number of likely N-dealkylation sites (tertiary alicyclic amines) is 1. The van der Waals surface area contributed by atoms with Crippen molar-refractivity contribution < 1.29 is 18.4 Å². The van der Waals surface area contributed by atoms with Gasteiger partial charge in [0.15, 0.2) is 0 Å². The summed E-state index contributed by atoms with van der Waals surface area (Å²) in [6, 6.07) is 2.46. The zero-order valence-electron chi connectivity index (χ0n) is 14.9. The van der Waals surface area contributed by atoms with Gasteiger partial charge in [-0.1, -0.05) is 39.2 Å². The molecule has 0 bridgehead atoms. The fraction of sp³-hybridized carbons (Fsp3) is 0.579. The molecule has 2 rings (SSSR count). The van der Waals surface area contributed by atoms with Crippen molar-refractivity contribution in [2.45, 2.75) is 52.0 Å². The highest BCUT2D eigenvalue weighted by atomic mass is 19.1. The number of halogens is 2. The standard InChI is InChI=1S/C19H26F2N2O2/c1-13(2)17(19(25)23-11-6-4-3-5-7-12-23)22-18(24)16-14(20)9-8-10-15(16)21/h8-10,13,17H,3-7,11-12H2,1-2H3,(H,22,24). The number of carbonyl (C=O) groups is 2. The Hall–Kier alpha value is -1.98. The summed E-state index contributed by atoms with van der Waals surface area (Å²) in [7, 11) is 0. The summed E-state index contributed by atoms with van der Waals surface area (Å²) in [5.41, 5.74) is -0.645. The van der Waals surface area contributed by atoms with Crippen molar-refractivity contribution in [2.24, 2.45) is 5.92 Å². The largest absolute Gasteiger partial charge is 0.341 e. The van der Waals surface area contributed by atoms with Crippen LogP contribution in [-0.2, 0) is 4.79 Å².